The number of aromatic nitrogens is 1. The predicted octanol–water partition coefficient (Wildman–Crippen LogP) is 4.74. The van der Waals surface area contributed by atoms with Gasteiger partial charge in [0.15, 0.2) is 5.78 Å². The zero-order chi connectivity index (χ0) is 22.8. The Hall–Kier alpha value is -4.19. The zero-order valence-corrected chi connectivity index (χ0v) is 18.0. The molecule has 6 nitrogen and oxygen atoms in total. The number of ketones is 1. The Morgan fingerprint density at radius 2 is 1.59 bits per heavy atom. The Kier molecular flexibility index (Phi) is 5.60. The first-order valence-corrected chi connectivity index (χ1v) is 10.1. The number of Topliss-reactive ketones (excluding diaryl/α,β-unsaturated/α-hetero) is 1. The quantitative estimate of drug-likeness (QED) is 0.216. The van der Waals surface area contributed by atoms with Crippen molar-refractivity contribution in [1.82, 2.24) is 4.98 Å². The number of carbonyl (C=O) groups excluding carboxylic acids is 3. The minimum absolute atomic E-state index is 0.0323. The fraction of sp³-hybridized carbons (Fsp3) is 0.115. The molecule has 0 spiro atoms. The molecule has 0 aliphatic heterocycles. The van der Waals surface area contributed by atoms with Gasteiger partial charge in [0.25, 0.3) is 5.91 Å². The molecule has 0 aliphatic carbocycles. The molecular formula is C26H22N2O4. The lowest BCUT2D eigenvalue weighted by atomic mass is 10.1. The lowest BCUT2D eigenvalue weighted by molar-refractivity contribution is -0.137. The van der Waals surface area contributed by atoms with E-state index in [1.165, 1.54) is 20.1 Å². The number of rotatable bonds is 5. The average Bonchev–Trinajstić information content (AvgIpc) is 3.20. The number of amides is 1. The maximum Gasteiger partial charge on any atom is 0.341 e. The number of aromatic amines is 1. The molecule has 1 N–H and O–H groups in total. The highest BCUT2D eigenvalue weighted by molar-refractivity contribution is 6.20. The molecule has 160 valence electrons. The van der Waals surface area contributed by atoms with E-state index in [0.29, 0.717) is 16.8 Å². The van der Waals surface area contributed by atoms with Gasteiger partial charge in [0.05, 0.1) is 18.2 Å². The Morgan fingerprint density at radius 3 is 2.28 bits per heavy atom. The third kappa shape index (κ3) is 3.78. The van der Waals surface area contributed by atoms with Crippen molar-refractivity contribution in [1.29, 1.82) is 0 Å². The Labute approximate surface area is 185 Å². The van der Waals surface area contributed by atoms with Crippen molar-refractivity contribution in [3.8, 4) is 0 Å². The van der Waals surface area contributed by atoms with Gasteiger partial charge in [-0.05, 0) is 42.8 Å². The third-order valence-corrected chi connectivity index (χ3v) is 5.45. The van der Waals surface area contributed by atoms with Crippen molar-refractivity contribution in [3.05, 3.63) is 83.4 Å². The molecule has 0 fully saturated rings. The van der Waals surface area contributed by atoms with Crippen molar-refractivity contribution in [2.24, 2.45) is 0 Å². The average molecular weight is 426 g/mol. The van der Waals surface area contributed by atoms with Crippen molar-refractivity contribution in [3.63, 3.8) is 0 Å². The number of anilines is 1. The number of H-pyrrole nitrogens is 1. The second kappa shape index (κ2) is 8.51. The fourth-order valence-corrected chi connectivity index (χ4v) is 3.72. The largest absolute Gasteiger partial charge is 0.465 e. The summed E-state index contributed by atoms with van der Waals surface area (Å²) < 4.78 is 4.66. The lowest BCUT2D eigenvalue weighted by Crippen LogP contribution is -2.26. The molecule has 6 heteroatoms. The molecule has 32 heavy (non-hydrogen) atoms. The van der Waals surface area contributed by atoms with Crippen LogP contribution in [0.5, 0.6) is 0 Å². The molecular weight excluding hydrogens is 404 g/mol. The molecule has 4 aromatic rings. The highest BCUT2D eigenvalue weighted by Crippen LogP contribution is 2.29. The van der Waals surface area contributed by atoms with E-state index in [2.05, 4.69) is 9.72 Å². The highest BCUT2D eigenvalue weighted by Gasteiger charge is 2.19. The molecule has 0 unspecified atom stereocenters. The number of methoxy groups -OCH3 is 1. The number of para-hydroxylation sites is 2. The number of hydrogen-bond acceptors (Lipinski definition) is 4. The van der Waals surface area contributed by atoms with Gasteiger partial charge in [0, 0.05) is 29.0 Å². The maximum atomic E-state index is 13.3. The van der Waals surface area contributed by atoms with Crippen LogP contribution in [0, 0.1) is 0 Å². The number of benzene rings is 3. The van der Waals surface area contributed by atoms with E-state index in [0.717, 1.165) is 21.8 Å². The zero-order valence-electron chi connectivity index (χ0n) is 18.0. The van der Waals surface area contributed by atoms with Gasteiger partial charge in [0.1, 0.15) is 5.57 Å². The van der Waals surface area contributed by atoms with Crippen molar-refractivity contribution >= 4 is 51.2 Å². The summed E-state index contributed by atoms with van der Waals surface area (Å²) in [7, 11) is 2.95. The topological polar surface area (TPSA) is 79.5 Å². The summed E-state index contributed by atoms with van der Waals surface area (Å²) >= 11 is 0. The SMILES string of the molecule is COC(=O)/C(=C/c1ccc(N(C)C(=O)c2cccc3c2[nH]c2ccccc23)cc1)C(C)=O. The molecule has 3 aromatic carbocycles. The lowest BCUT2D eigenvalue weighted by Gasteiger charge is -2.18. The first-order valence-electron chi connectivity index (χ1n) is 10.1. The normalized spacial score (nSPS) is 11.5. The van der Waals surface area contributed by atoms with E-state index >= 15 is 0 Å². The molecule has 0 radical (unpaired) electrons. The van der Waals surface area contributed by atoms with Crippen LogP contribution < -0.4 is 4.90 Å². The number of fused-ring (bicyclic) bond motifs is 3. The summed E-state index contributed by atoms with van der Waals surface area (Å²) in [5, 5.41) is 2.07. The third-order valence-electron chi connectivity index (χ3n) is 5.45. The molecule has 1 aromatic heterocycles. The summed E-state index contributed by atoms with van der Waals surface area (Å²) in [5.41, 5.74) is 3.67. The Morgan fingerprint density at radius 1 is 0.906 bits per heavy atom. The summed E-state index contributed by atoms with van der Waals surface area (Å²) in [4.78, 5) is 41.7. The van der Waals surface area contributed by atoms with Crippen molar-refractivity contribution in [2.45, 2.75) is 6.92 Å². The number of ether oxygens (including phenoxy) is 1. The van der Waals surface area contributed by atoms with Crippen molar-refractivity contribution < 1.29 is 19.1 Å². The number of nitrogens with one attached hydrogen (secondary N) is 1. The standard InChI is InChI=1S/C26H22N2O4/c1-16(29)22(26(31)32-3)15-17-11-13-18(14-12-17)28(2)25(30)21-9-6-8-20-19-7-4-5-10-23(19)27-24(20)21/h4-15,27H,1-3H3/b22-15+. The van der Waals surface area contributed by atoms with E-state index in [9.17, 15) is 14.4 Å². The van der Waals surface area contributed by atoms with Crippen molar-refractivity contribution in [2.75, 3.05) is 19.1 Å². The van der Waals surface area contributed by atoms with Crippen LogP contribution in [0.25, 0.3) is 27.9 Å². The van der Waals surface area contributed by atoms with Crippen LogP contribution in [0.15, 0.2) is 72.3 Å². The van der Waals surface area contributed by atoms with E-state index in [4.69, 9.17) is 0 Å². The van der Waals surface area contributed by atoms with Crippen LogP contribution in [0.4, 0.5) is 5.69 Å². The summed E-state index contributed by atoms with van der Waals surface area (Å²) in [6, 6.07) is 20.7. The van der Waals surface area contributed by atoms with E-state index in [1.54, 1.807) is 36.2 Å². The Balaban J connectivity index is 1.65. The van der Waals surface area contributed by atoms with E-state index in [-0.39, 0.29) is 17.3 Å². The number of nitrogens with zero attached hydrogens (tertiary/aromatic N) is 1. The van der Waals surface area contributed by atoms with Gasteiger partial charge in [-0.3, -0.25) is 9.59 Å². The first-order chi connectivity index (χ1) is 15.4. The van der Waals surface area contributed by atoms with Gasteiger partial charge < -0.3 is 14.6 Å². The minimum atomic E-state index is -0.680. The van der Waals surface area contributed by atoms with Crippen LogP contribution in [0.2, 0.25) is 0 Å². The number of hydrogen-bond donors (Lipinski definition) is 1. The predicted molar refractivity (Wildman–Crippen MR) is 126 cm³/mol. The summed E-state index contributed by atoms with van der Waals surface area (Å²) in [6.07, 6.45) is 1.48. The monoisotopic (exact) mass is 426 g/mol. The van der Waals surface area contributed by atoms with Crippen LogP contribution in [0.3, 0.4) is 0 Å². The van der Waals surface area contributed by atoms with Gasteiger partial charge >= 0.3 is 5.97 Å². The first kappa shape index (κ1) is 21.1. The molecule has 1 heterocycles. The highest BCUT2D eigenvalue weighted by atomic mass is 16.5. The van der Waals surface area contributed by atoms with Crippen LogP contribution in [-0.4, -0.2) is 36.8 Å². The van der Waals surface area contributed by atoms with Gasteiger partial charge in [-0.25, -0.2) is 4.79 Å². The molecule has 4 rings (SSSR count). The summed E-state index contributed by atoms with van der Waals surface area (Å²) in [6.45, 7) is 1.31. The molecule has 0 saturated carbocycles. The summed E-state index contributed by atoms with van der Waals surface area (Å²) in [5.74, 6) is -1.20. The van der Waals surface area contributed by atoms with Crippen LogP contribution in [0.1, 0.15) is 22.8 Å². The second-order valence-corrected chi connectivity index (χ2v) is 7.46. The molecule has 0 bridgehead atoms. The number of carbonyl (C=O) groups is 3. The van der Waals surface area contributed by atoms with Gasteiger partial charge in [-0.2, -0.15) is 0 Å². The van der Waals surface area contributed by atoms with Crippen LogP contribution >= 0.6 is 0 Å². The van der Waals surface area contributed by atoms with Crippen LogP contribution in [-0.2, 0) is 14.3 Å². The van der Waals surface area contributed by atoms with Gasteiger partial charge in [-0.1, -0.05) is 42.5 Å². The van der Waals surface area contributed by atoms with Gasteiger partial charge in [-0.15, -0.1) is 0 Å². The second-order valence-electron chi connectivity index (χ2n) is 7.46. The van der Waals surface area contributed by atoms with E-state index in [1.807, 2.05) is 42.5 Å². The minimum Gasteiger partial charge on any atom is -0.465 e. The fourth-order valence-electron chi connectivity index (χ4n) is 3.72. The Bertz CT molecular complexity index is 1380. The molecule has 1 amide bonds. The van der Waals surface area contributed by atoms with Gasteiger partial charge in [0.2, 0.25) is 0 Å². The molecule has 0 aliphatic rings. The number of esters is 1. The van der Waals surface area contributed by atoms with E-state index < -0.39 is 5.97 Å². The maximum absolute atomic E-state index is 13.3. The molecule has 0 saturated heterocycles. The smallest absolute Gasteiger partial charge is 0.341 e. The molecule has 0 atom stereocenters.